The number of hydrogen-bond acceptors (Lipinski definition) is 4. The Morgan fingerprint density at radius 1 is 0.853 bits per heavy atom. The lowest BCUT2D eigenvalue weighted by Crippen LogP contribution is -2.19. The van der Waals surface area contributed by atoms with E-state index in [-0.39, 0.29) is 5.91 Å². The van der Waals surface area contributed by atoms with Crippen molar-refractivity contribution in [3.63, 3.8) is 0 Å². The zero-order chi connectivity index (χ0) is 23.9. The van der Waals surface area contributed by atoms with Crippen LogP contribution in [-0.2, 0) is 14.4 Å². The van der Waals surface area contributed by atoms with Crippen LogP contribution < -0.4 is 10.6 Å². The van der Waals surface area contributed by atoms with Crippen molar-refractivity contribution in [2.45, 2.75) is 10.1 Å². The number of fused-ring (bicyclic) bond motifs is 1. The van der Waals surface area contributed by atoms with Crippen LogP contribution >= 0.6 is 11.8 Å². The molecule has 0 aliphatic carbocycles. The standard InChI is InChI=1S/C26H21N3O4S/c30-23(11-12-24(31)32)28-19-7-4-8-21(15-19)34-25(18-5-2-1-3-6-18)26(33)29-20-10-9-17-13-14-27-22(17)16-20/h1-16,25,27H,(H,28,30)(H,29,33)(H,31,32)/b12-11+. The molecule has 1 atom stereocenters. The molecule has 0 saturated heterocycles. The predicted molar refractivity (Wildman–Crippen MR) is 134 cm³/mol. The lowest BCUT2D eigenvalue weighted by Gasteiger charge is -2.18. The summed E-state index contributed by atoms with van der Waals surface area (Å²) in [6.07, 6.45) is 3.57. The highest BCUT2D eigenvalue weighted by Gasteiger charge is 2.22. The maximum absolute atomic E-state index is 13.3. The number of thioether (sulfide) groups is 1. The van der Waals surface area contributed by atoms with Crippen molar-refractivity contribution < 1.29 is 19.5 Å². The number of anilines is 2. The van der Waals surface area contributed by atoms with Crippen molar-refractivity contribution >= 4 is 51.8 Å². The van der Waals surface area contributed by atoms with E-state index in [4.69, 9.17) is 5.11 Å². The first kappa shape index (κ1) is 22.9. The number of benzene rings is 3. The van der Waals surface area contributed by atoms with Crippen molar-refractivity contribution in [1.29, 1.82) is 0 Å². The van der Waals surface area contributed by atoms with Crippen LogP contribution in [0.5, 0.6) is 0 Å². The van der Waals surface area contributed by atoms with E-state index in [0.29, 0.717) is 11.4 Å². The van der Waals surface area contributed by atoms with Crippen LogP contribution in [0.1, 0.15) is 10.8 Å². The Bertz CT molecular complexity index is 1360. The van der Waals surface area contributed by atoms with E-state index in [1.54, 1.807) is 18.2 Å². The summed E-state index contributed by atoms with van der Waals surface area (Å²) in [7, 11) is 0. The second-order valence-electron chi connectivity index (χ2n) is 7.37. The second-order valence-corrected chi connectivity index (χ2v) is 8.54. The molecule has 7 nitrogen and oxygen atoms in total. The number of aromatic nitrogens is 1. The van der Waals surface area contributed by atoms with E-state index in [0.717, 1.165) is 33.5 Å². The number of carbonyl (C=O) groups excluding carboxylic acids is 2. The Kier molecular flexibility index (Phi) is 7.10. The quantitative estimate of drug-likeness (QED) is 0.208. The fraction of sp³-hybridized carbons (Fsp3) is 0.0385. The fourth-order valence-corrected chi connectivity index (χ4v) is 4.43. The van der Waals surface area contributed by atoms with Crippen molar-refractivity contribution in [3.8, 4) is 0 Å². The first-order chi connectivity index (χ1) is 16.5. The minimum Gasteiger partial charge on any atom is -0.478 e. The summed E-state index contributed by atoms with van der Waals surface area (Å²) in [5, 5.41) is 14.8. The number of H-pyrrole nitrogens is 1. The summed E-state index contributed by atoms with van der Waals surface area (Å²) in [6, 6.07) is 24.2. The predicted octanol–water partition coefficient (Wildman–Crippen LogP) is 5.22. The van der Waals surface area contributed by atoms with Gasteiger partial charge in [-0.1, -0.05) is 42.5 Å². The molecule has 1 aromatic heterocycles. The molecule has 0 aliphatic rings. The summed E-state index contributed by atoms with van der Waals surface area (Å²) < 4.78 is 0. The number of amides is 2. The van der Waals surface area contributed by atoms with Gasteiger partial charge in [0.15, 0.2) is 0 Å². The number of nitrogens with one attached hydrogen (secondary N) is 3. The molecule has 34 heavy (non-hydrogen) atoms. The highest BCUT2D eigenvalue weighted by atomic mass is 32.2. The highest BCUT2D eigenvalue weighted by Crippen LogP contribution is 2.37. The van der Waals surface area contributed by atoms with E-state index < -0.39 is 17.1 Å². The Morgan fingerprint density at radius 2 is 1.65 bits per heavy atom. The zero-order valence-electron chi connectivity index (χ0n) is 17.9. The Labute approximate surface area is 199 Å². The molecule has 1 heterocycles. The average Bonchev–Trinajstić information content (AvgIpc) is 3.30. The summed E-state index contributed by atoms with van der Waals surface area (Å²) in [4.78, 5) is 39.8. The topological polar surface area (TPSA) is 111 Å². The SMILES string of the molecule is O=C(O)/C=C/C(=O)Nc1cccc(SC(C(=O)Nc2ccc3cc[nH]c3c2)c2ccccc2)c1. The van der Waals surface area contributed by atoms with Gasteiger partial charge >= 0.3 is 5.97 Å². The maximum atomic E-state index is 13.3. The van der Waals surface area contributed by atoms with E-state index in [9.17, 15) is 14.4 Å². The molecule has 8 heteroatoms. The third-order valence-electron chi connectivity index (χ3n) is 4.90. The van der Waals surface area contributed by atoms with Crippen LogP contribution in [0.2, 0.25) is 0 Å². The van der Waals surface area contributed by atoms with Crippen molar-refractivity contribution in [2.24, 2.45) is 0 Å². The fourth-order valence-electron chi connectivity index (χ4n) is 3.35. The largest absolute Gasteiger partial charge is 0.478 e. The van der Waals surface area contributed by atoms with Gasteiger partial charge in [-0.15, -0.1) is 11.8 Å². The average molecular weight is 472 g/mol. The van der Waals surface area contributed by atoms with Crippen molar-refractivity contribution in [2.75, 3.05) is 10.6 Å². The molecule has 4 rings (SSSR count). The third kappa shape index (κ3) is 5.93. The minimum absolute atomic E-state index is 0.180. The van der Waals surface area contributed by atoms with Crippen molar-refractivity contribution in [3.05, 3.63) is 103 Å². The monoisotopic (exact) mass is 471 g/mol. The second kappa shape index (κ2) is 10.5. The lowest BCUT2D eigenvalue weighted by molar-refractivity contribution is -0.131. The normalized spacial score (nSPS) is 11.9. The molecule has 4 N–H and O–H groups in total. The molecule has 1 unspecified atom stereocenters. The number of hydrogen-bond donors (Lipinski definition) is 4. The summed E-state index contributed by atoms with van der Waals surface area (Å²) >= 11 is 1.35. The molecule has 3 aromatic carbocycles. The highest BCUT2D eigenvalue weighted by molar-refractivity contribution is 8.00. The molecule has 0 bridgehead atoms. The van der Waals surface area contributed by atoms with Gasteiger partial charge in [0.1, 0.15) is 5.25 Å². The van der Waals surface area contributed by atoms with Crippen molar-refractivity contribution in [1.82, 2.24) is 4.98 Å². The van der Waals surface area contributed by atoms with Gasteiger partial charge in [0.25, 0.3) is 0 Å². The summed E-state index contributed by atoms with van der Waals surface area (Å²) in [6.45, 7) is 0. The number of carboxylic acid groups (broad SMARTS) is 1. The van der Waals surface area contributed by atoms with Gasteiger partial charge in [0.2, 0.25) is 11.8 Å². The van der Waals surface area contributed by atoms with E-state index in [1.165, 1.54) is 11.8 Å². The van der Waals surface area contributed by atoms with Crippen LogP contribution in [0.4, 0.5) is 11.4 Å². The van der Waals surface area contributed by atoms with Gasteiger partial charge in [-0.25, -0.2) is 4.79 Å². The molecule has 4 aromatic rings. The first-order valence-electron chi connectivity index (χ1n) is 10.4. The van der Waals surface area contributed by atoms with Gasteiger partial charge in [-0.3, -0.25) is 9.59 Å². The maximum Gasteiger partial charge on any atom is 0.328 e. The minimum atomic E-state index is -1.20. The smallest absolute Gasteiger partial charge is 0.328 e. The molecule has 0 saturated carbocycles. The first-order valence-corrected chi connectivity index (χ1v) is 11.3. The number of aromatic amines is 1. The Hall–Kier alpha value is -4.30. The number of carboxylic acids is 1. The Morgan fingerprint density at radius 3 is 2.44 bits per heavy atom. The lowest BCUT2D eigenvalue weighted by atomic mass is 10.1. The van der Waals surface area contributed by atoms with Crippen LogP contribution in [0, 0.1) is 0 Å². The van der Waals surface area contributed by atoms with E-state index in [1.807, 2.05) is 66.9 Å². The van der Waals surface area contributed by atoms with Crippen LogP contribution in [0.3, 0.4) is 0 Å². The van der Waals surface area contributed by atoms with Gasteiger partial charge in [-0.2, -0.15) is 0 Å². The van der Waals surface area contributed by atoms with Crippen LogP contribution in [0.15, 0.2) is 102 Å². The zero-order valence-corrected chi connectivity index (χ0v) is 18.7. The van der Waals surface area contributed by atoms with Gasteiger partial charge in [0, 0.05) is 40.1 Å². The number of carbonyl (C=O) groups is 3. The number of rotatable bonds is 8. The summed E-state index contributed by atoms with van der Waals surface area (Å²) in [5.74, 6) is -1.94. The molecular weight excluding hydrogens is 450 g/mol. The molecule has 0 radical (unpaired) electrons. The molecular formula is C26H21N3O4S. The van der Waals surface area contributed by atoms with Crippen LogP contribution in [-0.4, -0.2) is 27.9 Å². The molecule has 170 valence electrons. The molecule has 0 fully saturated rings. The van der Waals surface area contributed by atoms with Gasteiger partial charge in [0.05, 0.1) is 0 Å². The Balaban J connectivity index is 1.54. The third-order valence-corrected chi connectivity index (χ3v) is 6.14. The van der Waals surface area contributed by atoms with E-state index in [2.05, 4.69) is 15.6 Å². The van der Waals surface area contributed by atoms with E-state index >= 15 is 0 Å². The number of aliphatic carboxylic acids is 1. The van der Waals surface area contributed by atoms with Gasteiger partial charge < -0.3 is 20.7 Å². The molecule has 0 aliphatic heterocycles. The van der Waals surface area contributed by atoms with Gasteiger partial charge in [-0.05, 0) is 47.3 Å². The van der Waals surface area contributed by atoms with Crippen LogP contribution in [0.25, 0.3) is 10.9 Å². The molecule has 2 amide bonds. The molecule has 0 spiro atoms. The summed E-state index contributed by atoms with van der Waals surface area (Å²) in [5.41, 5.74) is 2.95.